The van der Waals surface area contributed by atoms with E-state index in [4.69, 9.17) is 9.72 Å². The number of benzene rings is 1. The van der Waals surface area contributed by atoms with Crippen molar-refractivity contribution < 1.29 is 4.74 Å². The fourth-order valence-electron chi connectivity index (χ4n) is 4.28. The molecule has 0 bridgehead atoms. The molecular formula is C24H30N6O. The number of methoxy groups -OCH3 is 1. The molecule has 0 spiro atoms. The number of likely N-dealkylation sites (tertiary alicyclic amines) is 1. The fraction of sp³-hybridized carbons (Fsp3) is 0.417. The van der Waals surface area contributed by atoms with E-state index in [2.05, 4.69) is 52.0 Å². The Kier molecular flexibility index (Phi) is 6.42. The summed E-state index contributed by atoms with van der Waals surface area (Å²) in [5, 5.41) is 3.14. The van der Waals surface area contributed by atoms with Crippen LogP contribution in [0.1, 0.15) is 46.7 Å². The second-order valence-corrected chi connectivity index (χ2v) is 8.20. The van der Waals surface area contributed by atoms with Crippen LogP contribution in [0.3, 0.4) is 0 Å². The summed E-state index contributed by atoms with van der Waals surface area (Å²) >= 11 is 0. The van der Waals surface area contributed by atoms with Crippen molar-refractivity contribution in [3.63, 3.8) is 0 Å². The normalized spacial score (nSPS) is 15.1. The summed E-state index contributed by atoms with van der Waals surface area (Å²) in [5.74, 6) is 2.61. The lowest BCUT2D eigenvalue weighted by Gasteiger charge is -2.32. The topological polar surface area (TPSA) is 76.1 Å². The summed E-state index contributed by atoms with van der Waals surface area (Å²) in [6.07, 6.45) is 9.16. The molecular weight excluding hydrogens is 388 g/mol. The number of ether oxygens (including phenoxy) is 1. The predicted octanol–water partition coefficient (Wildman–Crippen LogP) is 4.32. The van der Waals surface area contributed by atoms with Gasteiger partial charge >= 0.3 is 0 Å². The summed E-state index contributed by atoms with van der Waals surface area (Å²) in [6.45, 7) is 9.61. The Balaban J connectivity index is 1.39. The molecule has 1 aliphatic rings. The van der Waals surface area contributed by atoms with Gasteiger partial charge in [0.15, 0.2) is 5.82 Å². The third kappa shape index (κ3) is 4.82. The zero-order valence-electron chi connectivity index (χ0n) is 18.7. The number of piperidine rings is 1. The Bertz CT molecular complexity index is 1030. The maximum atomic E-state index is 5.52. The van der Waals surface area contributed by atoms with Crippen LogP contribution in [0, 0.1) is 20.8 Å². The smallest absolute Gasteiger partial charge is 0.228 e. The summed E-state index contributed by atoms with van der Waals surface area (Å²) in [7, 11) is 1.74. The van der Waals surface area contributed by atoms with E-state index in [9.17, 15) is 0 Å². The van der Waals surface area contributed by atoms with E-state index < -0.39 is 0 Å². The maximum absolute atomic E-state index is 5.52. The zero-order valence-corrected chi connectivity index (χ0v) is 18.7. The van der Waals surface area contributed by atoms with Crippen molar-refractivity contribution in [1.29, 1.82) is 0 Å². The molecule has 1 fully saturated rings. The Morgan fingerprint density at radius 2 is 1.81 bits per heavy atom. The molecule has 1 saturated heterocycles. The summed E-state index contributed by atoms with van der Waals surface area (Å²) in [4.78, 5) is 20.1. The van der Waals surface area contributed by atoms with Gasteiger partial charge < -0.3 is 10.1 Å². The monoisotopic (exact) mass is 418 g/mol. The van der Waals surface area contributed by atoms with E-state index in [0.717, 1.165) is 43.9 Å². The first-order chi connectivity index (χ1) is 15.0. The highest BCUT2D eigenvalue weighted by molar-refractivity contribution is 5.48. The molecule has 2 aromatic heterocycles. The van der Waals surface area contributed by atoms with Crippen molar-refractivity contribution >= 4 is 11.8 Å². The van der Waals surface area contributed by atoms with Crippen molar-refractivity contribution in [2.75, 3.05) is 25.5 Å². The first kappa shape index (κ1) is 21.2. The third-order valence-electron chi connectivity index (χ3n) is 6.27. The van der Waals surface area contributed by atoms with Gasteiger partial charge in [-0.15, -0.1) is 0 Å². The van der Waals surface area contributed by atoms with Crippen LogP contribution in [-0.4, -0.2) is 45.0 Å². The van der Waals surface area contributed by atoms with E-state index in [1.165, 1.54) is 22.3 Å². The zero-order chi connectivity index (χ0) is 21.8. The van der Waals surface area contributed by atoms with Gasteiger partial charge in [-0.05, 0) is 81.1 Å². The van der Waals surface area contributed by atoms with E-state index in [1.54, 1.807) is 31.8 Å². The lowest BCUT2D eigenvalue weighted by molar-refractivity contribution is 0.202. The second kappa shape index (κ2) is 9.39. The largest absolute Gasteiger partial charge is 0.496 e. The number of hydrogen-bond acceptors (Lipinski definition) is 7. The van der Waals surface area contributed by atoms with Crippen molar-refractivity contribution in [3.05, 3.63) is 64.9 Å². The van der Waals surface area contributed by atoms with E-state index in [1.807, 2.05) is 6.20 Å². The Morgan fingerprint density at radius 3 is 2.52 bits per heavy atom. The fourth-order valence-corrected chi connectivity index (χ4v) is 4.28. The van der Waals surface area contributed by atoms with Crippen LogP contribution in [0.5, 0.6) is 5.75 Å². The van der Waals surface area contributed by atoms with Crippen LogP contribution in [0.4, 0.5) is 11.8 Å². The van der Waals surface area contributed by atoms with Gasteiger partial charge in [-0.2, -0.15) is 0 Å². The number of aromatic nitrogens is 4. The number of nitrogens with zero attached hydrogens (tertiary/aromatic N) is 5. The van der Waals surface area contributed by atoms with Gasteiger partial charge in [0, 0.05) is 31.1 Å². The van der Waals surface area contributed by atoms with Gasteiger partial charge in [-0.1, -0.05) is 0 Å². The van der Waals surface area contributed by atoms with E-state index in [0.29, 0.717) is 17.7 Å². The predicted molar refractivity (Wildman–Crippen MR) is 122 cm³/mol. The van der Waals surface area contributed by atoms with Crippen LogP contribution >= 0.6 is 0 Å². The van der Waals surface area contributed by atoms with Crippen molar-refractivity contribution in [2.45, 2.75) is 46.1 Å². The SMILES string of the molecule is COc1cc(C)c(CN2CCC(c3cncc(Nc4ncccn4)n3)CC2)c(C)c1C. The van der Waals surface area contributed by atoms with Crippen LogP contribution in [0.15, 0.2) is 36.9 Å². The van der Waals surface area contributed by atoms with Gasteiger partial charge in [-0.25, -0.2) is 15.0 Å². The van der Waals surface area contributed by atoms with Crippen LogP contribution in [0.25, 0.3) is 0 Å². The first-order valence-electron chi connectivity index (χ1n) is 10.8. The summed E-state index contributed by atoms with van der Waals surface area (Å²) in [5.41, 5.74) is 6.33. The number of hydrogen-bond donors (Lipinski definition) is 1. The maximum Gasteiger partial charge on any atom is 0.228 e. The number of aryl methyl sites for hydroxylation is 1. The lowest BCUT2D eigenvalue weighted by Crippen LogP contribution is -2.33. The van der Waals surface area contributed by atoms with Gasteiger partial charge in [0.25, 0.3) is 0 Å². The molecule has 0 aliphatic carbocycles. The number of anilines is 2. The number of nitrogens with one attached hydrogen (secondary N) is 1. The minimum Gasteiger partial charge on any atom is -0.496 e. The van der Waals surface area contributed by atoms with Crippen molar-refractivity contribution in [2.24, 2.45) is 0 Å². The highest BCUT2D eigenvalue weighted by atomic mass is 16.5. The molecule has 0 atom stereocenters. The molecule has 0 unspecified atom stereocenters. The van der Waals surface area contributed by atoms with Crippen molar-refractivity contribution in [1.82, 2.24) is 24.8 Å². The molecule has 1 aromatic carbocycles. The molecule has 31 heavy (non-hydrogen) atoms. The second-order valence-electron chi connectivity index (χ2n) is 8.20. The molecule has 7 nitrogen and oxygen atoms in total. The van der Waals surface area contributed by atoms with Gasteiger partial charge in [-0.3, -0.25) is 9.88 Å². The minimum atomic E-state index is 0.419. The number of rotatable bonds is 6. The molecule has 4 rings (SSSR count). The quantitative estimate of drug-likeness (QED) is 0.639. The first-order valence-corrected chi connectivity index (χ1v) is 10.8. The van der Waals surface area contributed by atoms with Gasteiger partial charge in [0.05, 0.1) is 19.0 Å². The van der Waals surface area contributed by atoms with Crippen LogP contribution in [0.2, 0.25) is 0 Å². The Hall–Kier alpha value is -3.06. The molecule has 1 N–H and O–H groups in total. The van der Waals surface area contributed by atoms with Gasteiger partial charge in [0.1, 0.15) is 5.75 Å². The molecule has 0 saturated carbocycles. The highest BCUT2D eigenvalue weighted by Gasteiger charge is 2.23. The van der Waals surface area contributed by atoms with E-state index >= 15 is 0 Å². The minimum absolute atomic E-state index is 0.419. The molecule has 162 valence electrons. The van der Waals surface area contributed by atoms with Crippen molar-refractivity contribution in [3.8, 4) is 5.75 Å². The molecule has 0 amide bonds. The molecule has 0 radical (unpaired) electrons. The molecule has 7 heteroatoms. The molecule has 1 aliphatic heterocycles. The average Bonchev–Trinajstić information content (AvgIpc) is 2.80. The molecule has 3 aromatic rings. The van der Waals surface area contributed by atoms with Crippen LogP contribution < -0.4 is 10.1 Å². The Morgan fingerprint density at radius 1 is 1.06 bits per heavy atom. The average molecular weight is 419 g/mol. The summed E-state index contributed by atoms with van der Waals surface area (Å²) in [6, 6.07) is 3.95. The summed E-state index contributed by atoms with van der Waals surface area (Å²) < 4.78 is 5.52. The highest BCUT2D eigenvalue weighted by Crippen LogP contribution is 2.31. The standard InChI is InChI=1S/C24H30N6O/c1-16-12-22(31-4)18(3)17(2)20(16)15-30-10-6-19(7-11-30)21-13-25-14-23(28-21)29-24-26-8-5-9-27-24/h5,8-9,12-14,19H,6-7,10-11,15H2,1-4H3,(H,26,27,28,29). The van der Waals surface area contributed by atoms with E-state index in [-0.39, 0.29) is 0 Å². The molecule has 3 heterocycles. The Labute approximate surface area is 183 Å². The lowest BCUT2D eigenvalue weighted by atomic mass is 9.92. The van der Waals surface area contributed by atoms with Gasteiger partial charge in [0.2, 0.25) is 5.95 Å². The third-order valence-corrected chi connectivity index (χ3v) is 6.27. The van der Waals surface area contributed by atoms with Crippen LogP contribution in [-0.2, 0) is 6.54 Å².